The summed E-state index contributed by atoms with van der Waals surface area (Å²) in [7, 11) is 0. The van der Waals surface area contributed by atoms with Gasteiger partial charge in [-0.3, -0.25) is 0 Å². The summed E-state index contributed by atoms with van der Waals surface area (Å²) in [6.45, 7) is 0. The molecule has 2 fully saturated rings. The molecule has 0 saturated heterocycles. The van der Waals surface area contributed by atoms with E-state index in [0.717, 1.165) is 0 Å². The van der Waals surface area contributed by atoms with Crippen LogP contribution in [0.2, 0.25) is 9.50 Å². The zero-order valence-corrected chi connectivity index (χ0v) is 18.7. The molecule has 0 amide bonds. The van der Waals surface area contributed by atoms with Gasteiger partial charge in [-0.1, -0.05) is 0 Å². The second-order valence-electron chi connectivity index (χ2n) is 6.88. The molecule has 0 heterocycles. The summed E-state index contributed by atoms with van der Waals surface area (Å²) in [6, 6.07) is 0. The van der Waals surface area contributed by atoms with E-state index < -0.39 is 13.3 Å². The van der Waals surface area contributed by atoms with Crippen LogP contribution in [-0.2, 0) is 0 Å². The van der Waals surface area contributed by atoms with Crippen molar-refractivity contribution in [1.82, 2.24) is 0 Å². The van der Waals surface area contributed by atoms with Crippen LogP contribution in [0.25, 0.3) is 0 Å². The Morgan fingerprint density at radius 1 is 0.579 bits per heavy atom. The number of hydrogen-bond acceptors (Lipinski definition) is 0. The van der Waals surface area contributed by atoms with E-state index in [-0.39, 0.29) is 0 Å². The quantitative estimate of drug-likeness (QED) is 0.156. The summed E-state index contributed by atoms with van der Waals surface area (Å²) in [5, 5.41) is 0. The molecule has 2 rings (SSSR count). The van der Waals surface area contributed by atoms with Crippen molar-refractivity contribution in [2.75, 3.05) is 6.52 Å². The van der Waals surface area contributed by atoms with Crippen molar-refractivity contribution >= 4 is 58.4 Å². The van der Waals surface area contributed by atoms with Crippen LogP contribution < -0.4 is 0 Å². The first-order valence-corrected chi connectivity index (χ1v) is 16.9. The van der Waals surface area contributed by atoms with Crippen molar-refractivity contribution in [2.45, 2.75) is 86.6 Å². The monoisotopic (exact) mass is 550 g/mol. The summed E-state index contributed by atoms with van der Waals surface area (Å²) < 4.78 is 5.63. The number of hydrogen-bond donors (Lipinski definition) is 0. The summed E-state index contributed by atoms with van der Waals surface area (Å²) in [5.41, 5.74) is 0. The van der Waals surface area contributed by atoms with Gasteiger partial charge in [0, 0.05) is 0 Å². The van der Waals surface area contributed by atoms with E-state index in [1.165, 1.54) is 35.2 Å². The Morgan fingerprint density at radius 2 is 0.895 bits per heavy atom. The van der Waals surface area contributed by atoms with Crippen molar-refractivity contribution in [1.29, 1.82) is 0 Å². The van der Waals surface area contributed by atoms with Gasteiger partial charge in [-0.25, -0.2) is 0 Å². The molecule has 0 N–H and O–H groups in total. The molecule has 0 bridgehead atoms. The molecule has 0 unspecified atom stereocenters. The first-order valence-electron chi connectivity index (χ1n) is 8.45. The van der Waals surface area contributed by atoms with Crippen molar-refractivity contribution in [2.24, 2.45) is 0 Å². The van der Waals surface area contributed by atoms with Crippen LogP contribution in [0, 0.1) is 0 Å². The van der Waals surface area contributed by atoms with Crippen LogP contribution in [0.1, 0.15) is 77.0 Å². The van der Waals surface area contributed by atoms with Crippen LogP contribution in [0.5, 0.6) is 0 Å². The Bertz CT molecular complexity index is 215. The maximum absolute atomic E-state index is 2.81. The second-order valence-corrected chi connectivity index (χ2v) is 24.5. The zero-order chi connectivity index (χ0) is 13.6. The maximum atomic E-state index is 2.81. The molecule has 0 spiro atoms. The fourth-order valence-electron chi connectivity index (χ4n) is 4.51. The van der Waals surface area contributed by atoms with E-state index in [4.69, 9.17) is 0 Å². The van der Waals surface area contributed by atoms with E-state index in [1.54, 1.807) is 57.9 Å². The molecule has 2 saturated carbocycles. The van der Waals surface area contributed by atoms with E-state index in [0.29, 0.717) is 0 Å². The van der Waals surface area contributed by atoms with E-state index in [2.05, 4.69) is 45.2 Å². The van der Waals surface area contributed by atoms with Crippen molar-refractivity contribution in [3.05, 3.63) is 0 Å². The molecule has 0 aromatic heterocycles. The molecule has 0 aromatic rings. The zero-order valence-electron chi connectivity index (χ0n) is 12.3. The normalized spacial score (nSPS) is 24.9. The van der Waals surface area contributed by atoms with Gasteiger partial charge in [-0.15, -0.1) is 0 Å². The van der Waals surface area contributed by atoms with Crippen molar-refractivity contribution in [3.8, 4) is 0 Å². The minimum atomic E-state index is -1.63. The average Bonchev–Trinajstić information content (AvgIpc) is 2.86. The van der Waals surface area contributed by atoms with Crippen LogP contribution in [0.15, 0.2) is 0 Å². The van der Waals surface area contributed by atoms with E-state index in [1.807, 2.05) is 0 Å². The fraction of sp³-hybridized carbons (Fsp3) is 1.00. The number of halogens is 2. The van der Waals surface area contributed by atoms with E-state index >= 15 is 0 Å². The van der Waals surface area contributed by atoms with Crippen molar-refractivity contribution in [3.63, 3.8) is 0 Å². The van der Waals surface area contributed by atoms with Gasteiger partial charge in [-0.2, -0.15) is 0 Å². The van der Waals surface area contributed by atoms with Gasteiger partial charge in [-0.05, 0) is 0 Å². The third kappa shape index (κ3) is 4.49. The first kappa shape index (κ1) is 17.4. The predicted octanol–water partition coefficient (Wildman–Crippen LogP) is 6.83. The predicted molar refractivity (Wildman–Crippen MR) is 106 cm³/mol. The van der Waals surface area contributed by atoms with Gasteiger partial charge in [0.05, 0.1) is 0 Å². The SMILES string of the molecule is I[CH2][Ge]([CH2]I)([CH]1CCCCCC1)[CH]1CCCCCC1. The van der Waals surface area contributed by atoms with Gasteiger partial charge in [0.1, 0.15) is 0 Å². The molecular weight excluding hydrogens is 519 g/mol. The Balaban J connectivity index is 2.13. The van der Waals surface area contributed by atoms with Gasteiger partial charge in [0.15, 0.2) is 0 Å². The molecule has 0 aliphatic heterocycles. The molecule has 0 aromatic carbocycles. The summed E-state index contributed by atoms with van der Waals surface area (Å²) in [5.74, 6) is 0. The van der Waals surface area contributed by atoms with Crippen LogP contribution >= 0.6 is 45.2 Å². The van der Waals surface area contributed by atoms with Gasteiger partial charge in [0.25, 0.3) is 0 Å². The van der Waals surface area contributed by atoms with Crippen LogP contribution in [0.4, 0.5) is 0 Å². The molecule has 0 radical (unpaired) electrons. The third-order valence-corrected chi connectivity index (χ3v) is 31.9. The molecular formula is C16H30GeI2. The van der Waals surface area contributed by atoms with Crippen LogP contribution in [0.3, 0.4) is 0 Å². The van der Waals surface area contributed by atoms with Gasteiger partial charge in [0.2, 0.25) is 0 Å². The Labute approximate surface area is 150 Å². The molecule has 112 valence electrons. The molecule has 19 heavy (non-hydrogen) atoms. The standard InChI is InChI=1S/C16H30GeI2/c18-13-17(14-19,15-9-5-1-2-6-10-15)16-11-7-3-4-8-12-16/h15-16H,1-14H2. The summed E-state index contributed by atoms with van der Waals surface area (Å²) >= 11 is 3.99. The second kappa shape index (κ2) is 9.21. The number of alkyl halides is 2. The van der Waals surface area contributed by atoms with Gasteiger partial charge < -0.3 is 0 Å². The molecule has 3 heteroatoms. The molecule has 2 aliphatic carbocycles. The van der Waals surface area contributed by atoms with E-state index in [9.17, 15) is 0 Å². The summed E-state index contributed by atoms with van der Waals surface area (Å²) in [6.07, 6.45) is 18.8. The summed E-state index contributed by atoms with van der Waals surface area (Å²) in [4.78, 5) is 0. The average molecular weight is 549 g/mol. The van der Waals surface area contributed by atoms with Crippen LogP contribution in [-0.4, -0.2) is 19.8 Å². The third-order valence-electron chi connectivity index (χ3n) is 5.83. The van der Waals surface area contributed by atoms with Crippen molar-refractivity contribution < 1.29 is 0 Å². The fourth-order valence-corrected chi connectivity index (χ4v) is 35.5. The topological polar surface area (TPSA) is 0 Å². The molecule has 0 atom stereocenters. The minimum absolute atomic E-state index is 1.22. The Morgan fingerprint density at radius 3 is 1.16 bits per heavy atom. The Kier molecular flexibility index (Phi) is 8.42. The molecule has 2 aliphatic rings. The number of rotatable bonds is 4. The first-order chi connectivity index (χ1) is 9.33. The molecule has 0 nitrogen and oxygen atoms in total. The Hall–Kier alpha value is 2.00. The van der Waals surface area contributed by atoms with Gasteiger partial charge >= 0.3 is 152 Å².